The Kier molecular flexibility index (Phi) is 4.80. The Morgan fingerprint density at radius 1 is 1.20 bits per heavy atom. The Bertz CT molecular complexity index is 752. The number of phenols is 1. The van der Waals surface area contributed by atoms with Crippen LogP contribution in [0.1, 0.15) is 10.4 Å². The van der Waals surface area contributed by atoms with Gasteiger partial charge in [0.05, 0.1) is 11.9 Å². The standard InChI is InChI=1S/C17H18F2N4O2/c1-22-4-6-23(7-5-22)12-2-3-15(20-10-12)21-17(25)16-13(19)8-11(18)9-14(16)24/h2-3,8-10,24H,4-7H2,1H3,(H,20,21,25). The van der Waals surface area contributed by atoms with Gasteiger partial charge >= 0.3 is 0 Å². The molecule has 132 valence electrons. The summed E-state index contributed by atoms with van der Waals surface area (Å²) in [6.07, 6.45) is 1.63. The van der Waals surface area contributed by atoms with Crippen LogP contribution in [0, 0.1) is 11.6 Å². The number of hydrogen-bond donors (Lipinski definition) is 2. The number of carbonyl (C=O) groups excluding carboxylic acids is 1. The minimum absolute atomic E-state index is 0.214. The molecule has 1 fully saturated rings. The lowest BCUT2D eigenvalue weighted by molar-refractivity contribution is 0.102. The minimum atomic E-state index is -1.14. The zero-order chi connectivity index (χ0) is 18.0. The van der Waals surface area contributed by atoms with E-state index >= 15 is 0 Å². The number of nitrogens with zero attached hydrogens (tertiary/aromatic N) is 3. The Morgan fingerprint density at radius 2 is 1.92 bits per heavy atom. The second kappa shape index (κ2) is 7.02. The van der Waals surface area contributed by atoms with Gasteiger partial charge in [0, 0.05) is 38.3 Å². The molecule has 25 heavy (non-hydrogen) atoms. The average molecular weight is 348 g/mol. The number of benzene rings is 1. The van der Waals surface area contributed by atoms with E-state index in [4.69, 9.17) is 0 Å². The summed E-state index contributed by atoms with van der Waals surface area (Å²) in [6, 6.07) is 4.64. The van der Waals surface area contributed by atoms with E-state index < -0.39 is 28.9 Å². The highest BCUT2D eigenvalue weighted by atomic mass is 19.1. The highest BCUT2D eigenvalue weighted by Gasteiger charge is 2.19. The van der Waals surface area contributed by atoms with E-state index in [1.54, 1.807) is 12.3 Å². The number of halogens is 2. The number of aromatic nitrogens is 1. The fraction of sp³-hybridized carbons (Fsp3) is 0.294. The van der Waals surface area contributed by atoms with Crippen LogP contribution in [-0.2, 0) is 0 Å². The van der Waals surface area contributed by atoms with Crippen LogP contribution >= 0.6 is 0 Å². The van der Waals surface area contributed by atoms with E-state index in [9.17, 15) is 18.7 Å². The summed E-state index contributed by atoms with van der Waals surface area (Å²) in [6.45, 7) is 3.69. The first-order valence-electron chi connectivity index (χ1n) is 7.83. The largest absolute Gasteiger partial charge is 0.507 e. The molecule has 0 unspecified atom stereocenters. The number of carbonyl (C=O) groups is 1. The van der Waals surface area contributed by atoms with Gasteiger partial charge in [-0.1, -0.05) is 0 Å². The Hall–Kier alpha value is -2.74. The first-order chi connectivity index (χ1) is 11.9. The number of hydrogen-bond acceptors (Lipinski definition) is 5. The van der Waals surface area contributed by atoms with Crippen LogP contribution in [0.15, 0.2) is 30.5 Å². The fourth-order valence-corrected chi connectivity index (χ4v) is 2.68. The van der Waals surface area contributed by atoms with E-state index in [0.717, 1.165) is 31.9 Å². The molecule has 0 radical (unpaired) electrons. The average Bonchev–Trinajstić information content (AvgIpc) is 2.55. The number of amides is 1. The third-order valence-electron chi connectivity index (χ3n) is 4.12. The zero-order valence-electron chi connectivity index (χ0n) is 13.7. The molecular weight excluding hydrogens is 330 g/mol. The van der Waals surface area contributed by atoms with Crippen LogP contribution in [0.25, 0.3) is 0 Å². The van der Waals surface area contributed by atoms with Crippen molar-refractivity contribution < 1.29 is 18.7 Å². The van der Waals surface area contributed by atoms with Crippen LogP contribution in [0.5, 0.6) is 5.75 Å². The number of nitrogens with one attached hydrogen (secondary N) is 1. The first kappa shape index (κ1) is 17.1. The molecule has 1 aliphatic heterocycles. The maximum Gasteiger partial charge on any atom is 0.263 e. The van der Waals surface area contributed by atoms with Gasteiger partial charge in [-0.2, -0.15) is 0 Å². The van der Waals surface area contributed by atoms with E-state index in [-0.39, 0.29) is 5.82 Å². The summed E-state index contributed by atoms with van der Waals surface area (Å²) in [4.78, 5) is 20.7. The van der Waals surface area contributed by atoms with Gasteiger partial charge in [0.1, 0.15) is 28.8 Å². The number of anilines is 2. The topological polar surface area (TPSA) is 68.7 Å². The van der Waals surface area contributed by atoms with Gasteiger partial charge in [-0.25, -0.2) is 13.8 Å². The molecule has 1 aromatic carbocycles. The van der Waals surface area contributed by atoms with Crippen molar-refractivity contribution in [1.29, 1.82) is 0 Å². The Balaban J connectivity index is 1.70. The third-order valence-corrected chi connectivity index (χ3v) is 4.12. The van der Waals surface area contributed by atoms with Crippen molar-refractivity contribution in [3.8, 4) is 5.75 Å². The quantitative estimate of drug-likeness (QED) is 0.889. The molecule has 1 aromatic heterocycles. The van der Waals surface area contributed by atoms with Crippen molar-refractivity contribution in [2.45, 2.75) is 0 Å². The van der Waals surface area contributed by atoms with Gasteiger partial charge in [-0.05, 0) is 19.2 Å². The van der Waals surface area contributed by atoms with Gasteiger partial charge in [-0.15, -0.1) is 0 Å². The highest BCUT2D eigenvalue weighted by Crippen LogP contribution is 2.23. The Labute approximate surface area is 143 Å². The molecule has 0 bridgehead atoms. The molecule has 0 aliphatic carbocycles. The monoisotopic (exact) mass is 348 g/mol. The van der Waals surface area contributed by atoms with Crippen LogP contribution in [0.4, 0.5) is 20.3 Å². The summed E-state index contributed by atoms with van der Waals surface area (Å²) < 4.78 is 26.7. The number of aromatic hydroxyl groups is 1. The fourth-order valence-electron chi connectivity index (χ4n) is 2.68. The van der Waals surface area contributed by atoms with Gasteiger partial charge in [-0.3, -0.25) is 4.79 Å². The van der Waals surface area contributed by atoms with Gasteiger partial charge in [0.25, 0.3) is 5.91 Å². The summed E-state index contributed by atoms with van der Waals surface area (Å²) >= 11 is 0. The molecule has 8 heteroatoms. The van der Waals surface area contributed by atoms with E-state index in [1.807, 2.05) is 6.07 Å². The maximum absolute atomic E-state index is 13.7. The van der Waals surface area contributed by atoms with Crippen LogP contribution in [0.2, 0.25) is 0 Å². The maximum atomic E-state index is 13.7. The molecule has 0 saturated carbocycles. The van der Waals surface area contributed by atoms with E-state index in [1.165, 1.54) is 0 Å². The van der Waals surface area contributed by atoms with Crippen molar-refractivity contribution in [2.75, 3.05) is 43.4 Å². The Morgan fingerprint density at radius 3 is 2.52 bits per heavy atom. The normalized spacial score (nSPS) is 15.2. The van der Waals surface area contributed by atoms with Crippen molar-refractivity contribution in [1.82, 2.24) is 9.88 Å². The number of likely N-dealkylation sites (N-methyl/N-ethyl adjacent to an activating group) is 1. The lowest BCUT2D eigenvalue weighted by Crippen LogP contribution is -2.44. The van der Waals surface area contributed by atoms with Gasteiger partial charge in [0.2, 0.25) is 0 Å². The highest BCUT2D eigenvalue weighted by molar-refractivity contribution is 6.05. The van der Waals surface area contributed by atoms with Crippen LogP contribution in [-0.4, -0.2) is 54.1 Å². The van der Waals surface area contributed by atoms with Crippen molar-refractivity contribution in [3.05, 3.63) is 47.7 Å². The first-order valence-corrected chi connectivity index (χ1v) is 7.83. The van der Waals surface area contributed by atoms with Crippen LogP contribution < -0.4 is 10.2 Å². The van der Waals surface area contributed by atoms with Crippen molar-refractivity contribution in [2.24, 2.45) is 0 Å². The number of rotatable bonds is 3. The molecule has 1 aliphatic rings. The summed E-state index contributed by atoms with van der Waals surface area (Å²) in [5, 5.41) is 12.0. The molecule has 2 heterocycles. The molecule has 0 spiro atoms. The number of pyridine rings is 1. The van der Waals surface area contributed by atoms with Gasteiger partial charge < -0.3 is 20.2 Å². The summed E-state index contributed by atoms with van der Waals surface area (Å²) in [5.74, 6) is -3.53. The predicted molar refractivity (Wildman–Crippen MR) is 89.9 cm³/mol. The second-order valence-corrected chi connectivity index (χ2v) is 5.93. The number of phenolic OH excluding ortho intramolecular Hbond substituents is 1. The molecule has 2 aromatic rings. The third kappa shape index (κ3) is 3.85. The number of piperazine rings is 1. The molecule has 1 amide bonds. The summed E-state index contributed by atoms with van der Waals surface area (Å²) in [7, 11) is 2.07. The van der Waals surface area contributed by atoms with Gasteiger partial charge in [0.15, 0.2) is 0 Å². The lowest BCUT2D eigenvalue weighted by Gasteiger charge is -2.33. The smallest absolute Gasteiger partial charge is 0.263 e. The second-order valence-electron chi connectivity index (χ2n) is 5.93. The zero-order valence-corrected chi connectivity index (χ0v) is 13.7. The summed E-state index contributed by atoms with van der Waals surface area (Å²) in [5.41, 5.74) is 0.313. The molecule has 1 saturated heterocycles. The molecule has 2 N–H and O–H groups in total. The molecule has 6 nitrogen and oxygen atoms in total. The minimum Gasteiger partial charge on any atom is -0.507 e. The molecule has 0 atom stereocenters. The van der Waals surface area contributed by atoms with Crippen molar-refractivity contribution >= 4 is 17.4 Å². The predicted octanol–water partition coefficient (Wildman–Crippen LogP) is 2.07. The van der Waals surface area contributed by atoms with Crippen molar-refractivity contribution in [3.63, 3.8) is 0 Å². The van der Waals surface area contributed by atoms with E-state index in [2.05, 4.69) is 27.1 Å². The SMILES string of the molecule is CN1CCN(c2ccc(NC(=O)c3c(O)cc(F)cc3F)nc2)CC1. The lowest BCUT2D eigenvalue weighted by atomic mass is 10.1. The van der Waals surface area contributed by atoms with Crippen LogP contribution in [0.3, 0.4) is 0 Å². The molecule has 3 rings (SSSR count). The van der Waals surface area contributed by atoms with E-state index in [0.29, 0.717) is 12.1 Å². The molecular formula is C17H18F2N4O2.